The minimum Gasteiger partial charge on any atom is -0.467 e. The van der Waals surface area contributed by atoms with Gasteiger partial charge in [-0.05, 0) is 28.7 Å². The Morgan fingerprint density at radius 1 is 1.11 bits per heavy atom. The van der Waals surface area contributed by atoms with E-state index in [1.54, 1.807) is 12.1 Å². The lowest BCUT2D eigenvalue weighted by molar-refractivity contribution is 0.0433. The molecular formula is C12H15IO6. The van der Waals surface area contributed by atoms with Gasteiger partial charge in [0.15, 0.2) is 13.6 Å². The molecule has 1 aromatic rings. The van der Waals surface area contributed by atoms with Crippen molar-refractivity contribution in [3.63, 3.8) is 0 Å². The number of carbonyl (C=O) groups excluding carboxylic acids is 1. The first-order valence-electron chi connectivity index (χ1n) is 5.29. The van der Waals surface area contributed by atoms with Crippen LogP contribution in [0.2, 0.25) is 0 Å². The topological polar surface area (TPSA) is 63.2 Å². The molecule has 19 heavy (non-hydrogen) atoms. The molecule has 0 heterocycles. The van der Waals surface area contributed by atoms with Crippen LogP contribution >= 0.6 is 22.6 Å². The first-order chi connectivity index (χ1) is 9.13. The largest absolute Gasteiger partial charge is 0.467 e. The van der Waals surface area contributed by atoms with Gasteiger partial charge < -0.3 is 23.7 Å². The third-order valence-corrected chi connectivity index (χ3v) is 2.94. The Labute approximate surface area is 125 Å². The zero-order valence-electron chi connectivity index (χ0n) is 10.9. The number of hydrogen-bond donors (Lipinski definition) is 0. The molecular weight excluding hydrogens is 367 g/mol. The Kier molecular flexibility index (Phi) is 6.89. The van der Waals surface area contributed by atoms with Crippen LogP contribution in [0.3, 0.4) is 0 Å². The lowest BCUT2D eigenvalue weighted by Crippen LogP contribution is -2.10. The maximum Gasteiger partial charge on any atom is 0.342 e. The van der Waals surface area contributed by atoms with Crippen LogP contribution in [0.15, 0.2) is 12.1 Å². The number of methoxy groups -OCH3 is 3. The van der Waals surface area contributed by atoms with Crippen LogP contribution in [0.4, 0.5) is 0 Å². The summed E-state index contributed by atoms with van der Waals surface area (Å²) in [6, 6.07) is 3.29. The van der Waals surface area contributed by atoms with E-state index < -0.39 is 5.97 Å². The minimum atomic E-state index is -0.478. The molecule has 1 rings (SSSR count). The molecule has 106 valence electrons. The van der Waals surface area contributed by atoms with Crippen molar-refractivity contribution in [2.75, 3.05) is 34.9 Å². The SMILES string of the molecule is COCOc1cc(I)c(C(=O)OC)c(OCOC)c1. The lowest BCUT2D eigenvalue weighted by Gasteiger charge is -2.13. The highest BCUT2D eigenvalue weighted by Gasteiger charge is 2.19. The molecule has 0 radical (unpaired) electrons. The molecule has 7 heteroatoms. The van der Waals surface area contributed by atoms with Gasteiger partial charge in [-0.2, -0.15) is 0 Å². The van der Waals surface area contributed by atoms with Gasteiger partial charge in [0.1, 0.15) is 17.1 Å². The van der Waals surface area contributed by atoms with E-state index in [2.05, 4.69) is 0 Å². The monoisotopic (exact) mass is 382 g/mol. The summed E-state index contributed by atoms with van der Waals surface area (Å²) in [7, 11) is 4.33. The number of carbonyl (C=O) groups is 1. The van der Waals surface area contributed by atoms with E-state index in [4.69, 9.17) is 23.7 Å². The molecule has 0 saturated carbocycles. The van der Waals surface area contributed by atoms with Crippen molar-refractivity contribution in [3.05, 3.63) is 21.3 Å². The minimum absolute atomic E-state index is 0.0216. The third-order valence-electron chi connectivity index (χ3n) is 2.09. The van der Waals surface area contributed by atoms with Crippen LogP contribution in [0.5, 0.6) is 11.5 Å². The molecule has 0 unspecified atom stereocenters. The van der Waals surface area contributed by atoms with Crippen LogP contribution in [0.25, 0.3) is 0 Å². The molecule has 0 atom stereocenters. The summed E-state index contributed by atoms with van der Waals surface area (Å²) in [6.45, 7) is 0.130. The summed E-state index contributed by atoms with van der Waals surface area (Å²) < 4.78 is 25.7. The molecule has 0 N–H and O–H groups in total. The summed E-state index contributed by atoms with van der Waals surface area (Å²) in [5.41, 5.74) is 0.338. The van der Waals surface area contributed by atoms with Crippen molar-refractivity contribution >= 4 is 28.6 Å². The molecule has 1 aromatic carbocycles. The fourth-order valence-corrected chi connectivity index (χ4v) is 2.10. The van der Waals surface area contributed by atoms with Gasteiger partial charge in [-0.3, -0.25) is 0 Å². The number of halogens is 1. The second kappa shape index (κ2) is 8.18. The normalized spacial score (nSPS) is 10.1. The molecule has 0 saturated heterocycles. The van der Waals surface area contributed by atoms with Crippen molar-refractivity contribution in [2.45, 2.75) is 0 Å². The molecule has 6 nitrogen and oxygen atoms in total. The molecule has 0 aliphatic carbocycles. The maximum atomic E-state index is 11.7. The lowest BCUT2D eigenvalue weighted by atomic mass is 10.2. The Balaban J connectivity index is 3.10. The van der Waals surface area contributed by atoms with Gasteiger partial charge in [0, 0.05) is 23.9 Å². The molecule has 0 aromatic heterocycles. The highest BCUT2D eigenvalue weighted by molar-refractivity contribution is 14.1. The number of esters is 1. The Hall–Kier alpha value is -1.06. The second-order valence-electron chi connectivity index (χ2n) is 3.37. The van der Waals surface area contributed by atoms with E-state index in [1.165, 1.54) is 21.3 Å². The first kappa shape index (κ1) is 16.0. The van der Waals surface area contributed by atoms with Crippen molar-refractivity contribution in [1.29, 1.82) is 0 Å². The Morgan fingerprint density at radius 2 is 1.74 bits per heavy atom. The third kappa shape index (κ3) is 4.51. The van der Waals surface area contributed by atoms with Crippen molar-refractivity contribution < 1.29 is 28.5 Å². The van der Waals surface area contributed by atoms with Gasteiger partial charge in [0.2, 0.25) is 0 Å². The summed E-state index contributed by atoms with van der Waals surface area (Å²) in [5, 5.41) is 0. The molecule has 0 amide bonds. The molecule has 0 aliphatic rings. The molecule has 0 aliphatic heterocycles. The first-order valence-corrected chi connectivity index (χ1v) is 6.37. The van der Waals surface area contributed by atoms with Gasteiger partial charge in [0.05, 0.1) is 7.11 Å². The Bertz CT molecular complexity index is 434. The summed E-state index contributed by atoms with van der Waals surface area (Å²) in [4.78, 5) is 11.7. The van der Waals surface area contributed by atoms with E-state index in [-0.39, 0.29) is 13.6 Å². The average Bonchev–Trinajstić information content (AvgIpc) is 2.41. The van der Waals surface area contributed by atoms with E-state index in [1.807, 2.05) is 22.6 Å². The van der Waals surface area contributed by atoms with E-state index in [0.29, 0.717) is 20.6 Å². The van der Waals surface area contributed by atoms with Gasteiger partial charge in [-0.15, -0.1) is 0 Å². The summed E-state index contributed by atoms with van der Waals surface area (Å²) in [5.74, 6) is 0.394. The quantitative estimate of drug-likeness (QED) is 0.409. The molecule has 0 spiro atoms. The van der Waals surface area contributed by atoms with E-state index >= 15 is 0 Å². The van der Waals surface area contributed by atoms with Crippen LogP contribution in [0.1, 0.15) is 10.4 Å². The smallest absolute Gasteiger partial charge is 0.342 e. The van der Waals surface area contributed by atoms with Crippen LogP contribution in [-0.4, -0.2) is 40.9 Å². The molecule has 0 fully saturated rings. The highest BCUT2D eigenvalue weighted by atomic mass is 127. The average molecular weight is 382 g/mol. The summed E-state index contributed by atoms with van der Waals surface area (Å²) in [6.07, 6.45) is 0. The number of benzene rings is 1. The van der Waals surface area contributed by atoms with Crippen LogP contribution < -0.4 is 9.47 Å². The van der Waals surface area contributed by atoms with Gasteiger partial charge in [0.25, 0.3) is 0 Å². The number of rotatable bonds is 7. The predicted octanol–water partition coefficient (Wildman–Crippen LogP) is 2.04. The number of hydrogen-bond acceptors (Lipinski definition) is 6. The predicted molar refractivity (Wildman–Crippen MR) is 75.5 cm³/mol. The fourth-order valence-electron chi connectivity index (χ4n) is 1.30. The zero-order valence-corrected chi connectivity index (χ0v) is 13.1. The standard InChI is InChI=1S/C12H15IO6/c1-15-6-18-8-4-9(13)11(12(14)17-3)10(5-8)19-7-16-2/h4-5H,6-7H2,1-3H3. The van der Waals surface area contributed by atoms with Gasteiger partial charge >= 0.3 is 5.97 Å². The zero-order chi connectivity index (χ0) is 14.3. The fraction of sp³-hybridized carbons (Fsp3) is 0.417. The van der Waals surface area contributed by atoms with E-state index in [9.17, 15) is 4.79 Å². The van der Waals surface area contributed by atoms with Gasteiger partial charge in [-0.1, -0.05) is 0 Å². The van der Waals surface area contributed by atoms with Crippen LogP contribution in [0, 0.1) is 3.57 Å². The Morgan fingerprint density at radius 3 is 2.32 bits per heavy atom. The van der Waals surface area contributed by atoms with Crippen molar-refractivity contribution in [2.24, 2.45) is 0 Å². The second-order valence-corrected chi connectivity index (χ2v) is 4.53. The maximum absolute atomic E-state index is 11.7. The molecule has 0 bridgehead atoms. The highest BCUT2D eigenvalue weighted by Crippen LogP contribution is 2.30. The van der Waals surface area contributed by atoms with Crippen molar-refractivity contribution in [1.82, 2.24) is 0 Å². The summed E-state index contributed by atoms with van der Waals surface area (Å²) >= 11 is 2.01. The van der Waals surface area contributed by atoms with Crippen LogP contribution in [-0.2, 0) is 14.2 Å². The van der Waals surface area contributed by atoms with Gasteiger partial charge in [-0.25, -0.2) is 4.79 Å². The van der Waals surface area contributed by atoms with Crippen molar-refractivity contribution in [3.8, 4) is 11.5 Å². The number of ether oxygens (including phenoxy) is 5. The van der Waals surface area contributed by atoms with E-state index in [0.717, 1.165) is 0 Å².